The van der Waals surface area contributed by atoms with Gasteiger partial charge in [0, 0.05) is 12.6 Å². The van der Waals surface area contributed by atoms with Gasteiger partial charge in [0.05, 0.1) is 6.61 Å². The maximum atomic E-state index is 10.2. The maximum Gasteiger partial charge on any atom is 0.243 e. The summed E-state index contributed by atoms with van der Waals surface area (Å²) in [6, 6.07) is 0.701. The minimum absolute atomic E-state index is 0.0341. The molecule has 0 saturated heterocycles. The van der Waals surface area contributed by atoms with Crippen LogP contribution >= 0.6 is 0 Å². The number of nitrogens with one attached hydrogen (secondary N) is 1. The Morgan fingerprint density at radius 1 is 1.64 bits per heavy atom. The van der Waals surface area contributed by atoms with E-state index < -0.39 is 5.91 Å². The monoisotopic (exact) mass is 158 g/mol. The number of ether oxygens (including phenoxy) is 1. The Morgan fingerprint density at radius 3 is 2.91 bits per heavy atom. The first-order valence-corrected chi connectivity index (χ1v) is 3.88. The van der Waals surface area contributed by atoms with Crippen molar-refractivity contribution in [2.75, 3.05) is 19.8 Å². The highest BCUT2D eigenvalue weighted by atomic mass is 16.5. The minimum Gasteiger partial charge on any atom is -0.370 e. The third-order valence-corrected chi connectivity index (χ3v) is 1.50. The molecule has 1 rings (SSSR count). The Hall–Kier alpha value is -0.610. The van der Waals surface area contributed by atoms with E-state index in [1.807, 2.05) is 0 Å². The van der Waals surface area contributed by atoms with Crippen molar-refractivity contribution < 1.29 is 9.53 Å². The van der Waals surface area contributed by atoms with Crippen LogP contribution in [0.3, 0.4) is 0 Å². The summed E-state index contributed by atoms with van der Waals surface area (Å²) in [7, 11) is 0. The summed E-state index contributed by atoms with van der Waals surface area (Å²) in [5.74, 6) is -0.406. The lowest BCUT2D eigenvalue weighted by Gasteiger charge is -2.01. The maximum absolute atomic E-state index is 10.2. The fraction of sp³-hybridized carbons (Fsp3) is 0.857. The Kier molecular flexibility index (Phi) is 3.32. The Bertz CT molecular complexity index is 134. The van der Waals surface area contributed by atoms with E-state index in [2.05, 4.69) is 5.32 Å². The molecule has 1 amide bonds. The number of hydrogen-bond donors (Lipinski definition) is 2. The fourth-order valence-electron chi connectivity index (χ4n) is 0.795. The number of rotatable bonds is 6. The molecular weight excluding hydrogens is 144 g/mol. The minimum atomic E-state index is -0.406. The molecule has 1 fully saturated rings. The topological polar surface area (TPSA) is 64.4 Å². The first-order valence-electron chi connectivity index (χ1n) is 3.88. The number of primary amides is 1. The first kappa shape index (κ1) is 8.49. The van der Waals surface area contributed by atoms with Crippen LogP contribution in [0.15, 0.2) is 0 Å². The highest BCUT2D eigenvalue weighted by Gasteiger charge is 2.19. The molecule has 4 heteroatoms. The predicted molar refractivity (Wildman–Crippen MR) is 41.0 cm³/mol. The van der Waals surface area contributed by atoms with Gasteiger partial charge in [0.1, 0.15) is 6.61 Å². The molecule has 4 nitrogen and oxygen atoms in total. The van der Waals surface area contributed by atoms with Crippen molar-refractivity contribution in [1.82, 2.24) is 5.32 Å². The molecule has 1 aliphatic rings. The van der Waals surface area contributed by atoms with E-state index in [-0.39, 0.29) is 6.61 Å². The molecule has 11 heavy (non-hydrogen) atoms. The normalized spacial score (nSPS) is 16.7. The summed E-state index contributed by atoms with van der Waals surface area (Å²) in [4.78, 5) is 10.2. The summed E-state index contributed by atoms with van der Waals surface area (Å²) in [6.45, 7) is 1.42. The molecule has 0 atom stereocenters. The summed E-state index contributed by atoms with van der Waals surface area (Å²) in [5, 5.41) is 3.25. The molecule has 0 heterocycles. The third kappa shape index (κ3) is 4.75. The van der Waals surface area contributed by atoms with Gasteiger partial charge in [-0.2, -0.15) is 0 Å². The van der Waals surface area contributed by atoms with Crippen molar-refractivity contribution in [2.24, 2.45) is 5.73 Å². The molecule has 0 radical (unpaired) electrons. The van der Waals surface area contributed by atoms with E-state index in [9.17, 15) is 4.79 Å². The van der Waals surface area contributed by atoms with Crippen molar-refractivity contribution in [1.29, 1.82) is 0 Å². The second-order valence-electron chi connectivity index (χ2n) is 2.75. The van der Waals surface area contributed by atoms with Gasteiger partial charge < -0.3 is 15.8 Å². The lowest BCUT2D eigenvalue weighted by molar-refractivity contribution is -0.122. The third-order valence-electron chi connectivity index (χ3n) is 1.50. The summed E-state index contributed by atoms with van der Waals surface area (Å²) in [5.41, 5.74) is 4.86. The standard InChI is InChI=1S/C7H14N2O2/c8-7(10)5-11-4-3-9-6-1-2-6/h6,9H,1-5H2,(H2,8,10). The van der Waals surface area contributed by atoms with Crippen LogP contribution in [0.1, 0.15) is 12.8 Å². The predicted octanol–water partition coefficient (Wildman–Crippen LogP) is -0.760. The van der Waals surface area contributed by atoms with Crippen LogP contribution < -0.4 is 11.1 Å². The second-order valence-corrected chi connectivity index (χ2v) is 2.75. The van der Waals surface area contributed by atoms with Gasteiger partial charge in [0.25, 0.3) is 0 Å². The van der Waals surface area contributed by atoms with Crippen LogP contribution in [0.25, 0.3) is 0 Å². The number of hydrogen-bond acceptors (Lipinski definition) is 3. The van der Waals surface area contributed by atoms with E-state index in [1.54, 1.807) is 0 Å². The molecule has 0 bridgehead atoms. The summed E-state index contributed by atoms with van der Waals surface area (Å²) >= 11 is 0. The van der Waals surface area contributed by atoms with Crippen LogP contribution in [-0.4, -0.2) is 31.7 Å². The van der Waals surface area contributed by atoms with Crippen LogP contribution in [0.4, 0.5) is 0 Å². The molecule has 1 aliphatic carbocycles. The van der Waals surface area contributed by atoms with Gasteiger partial charge in [-0.3, -0.25) is 4.79 Å². The summed E-state index contributed by atoms with van der Waals surface area (Å²) < 4.78 is 4.94. The van der Waals surface area contributed by atoms with Gasteiger partial charge in [0.15, 0.2) is 0 Å². The average molecular weight is 158 g/mol. The van der Waals surface area contributed by atoms with Crippen LogP contribution in [0.5, 0.6) is 0 Å². The highest BCUT2D eigenvalue weighted by Crippen LogP contribution is 2.17. The first-order chi connectivity index (χ1) is 5.29. The fourth-order valence-corrected chi connectivity index (χ4v) is 0.795. The van der Waals surface area contributed by atoms with E-state index in [1.165, 1.54) is 12.8 Å². The van der Waals surface area contributed by atoms with Crippen molar-refractivity contribution >= 4 is 5.91 Å². The van der Waals surface area contributed by atoms with Gasteiger partial charge in [-0.25, -0.2) is 0 Å². The van der Waals surface area contributed by atoms with Crippen molar-refractivity contribution in [3.05, 3.63) is 0 Å². The van der Waals surface area contributed by atoms with E-state index in [0.29, 0.717) is 12.6 Å². The average Bonchev–Trinajstić information content (AvgIpc) is 2.70. The van der Waals surface area contributed by atoms with Crippen LogP contribution in [-0.2, 0) is 9.53 Å². The molecule has 0 aromatic rings. The smallest absolute Gasteiger partial charge is 0.243 e. The zero-order valence-corrected chi connectivity index (χ0v) is 6.51. The number of nitrogens with two attached hydrogens (primary N) is 1. The molecule has 0 aliphatic heterocycles. The van der Waals surface area contributed by atoms with Crippen molar-refractivity contribution in [3.63, 3.8) is 0 Å². The molecule has 0 aromatic carbocycles. The van der Waals surface area contributed by atoms with Gasteiger partial charge in [0.2, 0.25) is 5.91 Å². The molecule has 0 aromatic heterocycles. The van der Waals surface area contributed by atoms with Gasteiger partial charge in [-0.05, 0) is 12.8 Å². The van der Waals surface area contributed by atoms with Crippen molar-refractivity contribution in [2.45, 2.75) is 18.9 Å². The SMILES string of the molecule is NC(=O)COCCNC1CC1. The second kappa shape index (κ2) is 4.31. The zero-order valence-electron chi connectivity index (χ0n) is 6.51. The molecule has 0 unspecified atom stereocenters. The molecular formula is C7H14N2O2. The highest BCUT2D eigenvalue weighted by molar-refractivity contribution is 5.74. The quantitative estimate of drug-likeness (QED) is 0.499. The van der Waals surface area contributed by atoms with Crippen molar-refractivity contribution in [3.8, 4) is 0 Å². The number of carbonyl (C=O) groups is 1. The van der Waals surface area contributed by atoms with Gasteiger partial charge >= 0.3 is 0 Å². The Morgan fingerprint density at radius 2 is 2.36 bits per heavy atom. The number of carbonyl (C=O) groups excluding carboxylic acids is 1. The van der Waals surface area contributed by atoms with Crippen LogP contribution in [0, 0.1) is 0 Å². The lowest BCUT2D eigenvalue weighted by atomic mass is 10.6. The van der Waals surface area contributed by atoms with E-state index >= 15 is 0 Å². The number of amides is 1. The van der Waals surface area contributed by atoms with Gasteiger partial charge in [-0.15, -0.1) is 0 Å². The van der Waals surface area contributed by atoms with E-state index in [0.717, 1.165) is 6.54 Å². The lowest BCUT2D eigenvalue weighted by Crippen LogP contribution is -2.25. The molecule has 1 saturated carbocycles. The zero-order chi connectivity index (χ0) is 8.10. The van der Waals surface area contributed by atoms with Crippen LogP contribution in [0.2, 0.25) is 0 Å². The van der Waals surface area contributed by atoms with Gasteiger partial charge in [-0.1, -0.05) is 0 Å². The molecule has 3 N–H and O–H groups in total. The molecule has 0 spiro atoms. The summed E-state index contributed by atoms with van der Waals surface area (Å²) in [6.07, 6.45) is 2.55. The van der Waals surface area contributed by atoms with E-state index in [4.69, 9.17) is 10.5 Å². The largest absolute Gasteiger partial charge is 0.370 e. The Labute approximate surface area is 66.1 Å². The molecule has 64 valence electrons. The Balaban J connectivity index is 1.76.